The Morgan fingerprint density at radius 3 is 2.64 bits per heavy atom. The predicted octanol–water partition coefficient (Wildman–Crippen LogP) is 5.01. The van der Waals surface area contributed by atoms with Crippen molar-refractivity contribution in [3.8, 4) is 11.4 Å². The highest BCUT2D eigenvalue weighted by atomic mass is 35.5. The standard InChI is InChI=1S/C22H21ClN4O/c1-12-19-11-24-20(15-10-14(22(2,3)28)6-7-16(15)23)27(19)21-18(25-12)9-8-17(26-21)13-4-5-13/h6-11,13,28H,4-5H2,1-3H3. The minimum Gasteiger partial charge on any atom is -0.386 e. The van der Waals surface area contributed by atoms with Crippen LogP contribution in [-0.4, -0.2) is 24.5 Å². The van der Waals surface area contributed by atoms with E-state index in [4.69, 9.17) is 21.6 Å². The fraction of sp³-hybridized carbons (Fsp3) is 0.318. The summed E-state index contributed by atoms with van der Waals surface area (Å²) in [5.74, 6) is 1.26. The molecule has 0 unspecified atom stereocenters. The highest BCUT2D eigenvalue weighted by molar-refractivity contribution is 6.33. The van der Waals surface area contributed by atoms with E-state index in [9.17, 15) is 5.11 Å². The molecule has 5 nitrogen and oxygen atoms in total. The molecule has 28 heavy (non-hydrogen) atoms. The number of benzene rings is 1. The van der Waals surface area contributed by atoms with Crippen molar-refractivity contribution in [3.05, 3.63) is 58.5 Å². The molecule has 0 amide bonds. The Morgan fingerprint density at radius 2 is 1.93 bits per heavy atom. The van der Waals surface area contributed by atoms with Gasteiger partial charge in [0, 0.05) is 17.2 Å². The van der Waals surface area contributed by atoms with Crippen molar-refractivity contribution < 1.29 is 5.11 Å². The van der Waals surface area contributed by atoms with Crippen molar-refractivity contribution in [2.75, 3.05) is 0 Å². The predicted molar refractivity (Wildman–Crippen MR) is 111 cm³/mol. The zero-order valence-electron chi connectivity index (χ0n) is 16.1. The van der Waals surface area contributed by atoms with Crippen LogP contribution >= 0.6 is 11.6 Å². The van der Waals surface area contributed by atoms with E-state index in [1.165, 1.54) is 12.8 Å². The number of hydrogen-bond acceptors (Lipinski definition) is 4. The van der Waals surface area contributed by atoms with Crippen molar-refractivity contribution in [2.24, 2.45) is 0 Å². The van der Waals surface area contributed by atoms with Gasteiger partial charge in [-0.3, -0.25) is 4.40 Å². The molecule has 4 aromatic rings. The lowest BCUT2D eigenvalue weighted by atomic mass is 9.96. The fourth-order valence-corrected chi connectivity index (χ4v) is 3.84. The van der Waals surface area contributed by atoms with Gasteiger partial charge in [-0.1, -0.05) is 17.7 Å². The van der Waals surface area contributed by atoms with Gasteiger partial charge in [-0.15, -0.1) is 0 Å². The van der Waals surface area contributed by atoms with Gasteiger partial charge >= 0.3 is 0 Å². The molecule has 0 spiro atoms. The Balaban J connectivity index is 1.83. The van der Waals surface area contributed by atoms with Crippen molar-refractivity contribution in [2.45, 2.75) is 45.1 Å². The number of halogens is 1. The Kier molecular flexibility index (Phi) is 3.77. The Hall–Kier alpha value is -2.50. The molecule has 3 heterocycles. The zero-order valence-corrected chi connectivity index (χ0v) is 16.8. The lowest BCUT2D eigenvalue weighted by Gasteiger charge is -2.19. The first-order valence-electron chi connectivity index (χ1n) is 9.50. The highest BCUT2D eigenvalue weighted by Gasteiger charge is 2.26. The van der Waals surface area contributed by atoms with Crippen LogP contribution in [0.1, 0.15) is 49.6 Å². The summed E-state index contributed by atoms with van der Waals surface area (Å²) in [7, 11) is 0. The minimum atomic E-state index is -0.969. The number of aryl methyl sites for hydroxylation is 1. The second-order valence-electron chi connectivity index (χ2n) is 8.11. The Morgan fingerprint density at radius 1 is 1.14 bits per heavy atom. The number of hydrogen-bond donors (Lipinski definition) is 1. The molecule has 1 aliphatic rings. The molecule has 0 bridgehead atoms. The summed E-state index contributed by atoms with van der Waals surface area (Å²) in [6, 6.07) is 9.68. The molecule has 0 aliphatic heterocycles. The first-order valence-corrected chi connectivity index (χ1v) is 9.88. The van der Waals surface area contributed by atoms with Crippen LogP contribution in [0.3, 0.4) is 0 Å². The number of pyridine rings is 1. The maximum absolute atomic E-state index is 10.4. The summed E-state index contributed by atoms with van der Waals surface area (Å²) in [4.78, 5) is 14.3. The van der Waals surface area contributed by atoms with E-state index in [2.05, 4.69) is 11.1 Å². The molecule has 1 saturated carbocycles. The van der Waals surface area contributed by atoms with Crippen LogP contribution < -0.4 is 0 Å². The third-order valence-corrected chi connectivity index (χ3v) is 5.75. The molecular formula is C22H21ClN4O. The molecule has 1 fully saturated rings. The smallest absolute Gasteiger partial charge is 0.165 e. The summed E-state index contributed by atoms with van der Waals surface area (Å²) >= 11 is 6.55. The minimum absolute atomic E-state index is 0.551. The van der Waals surface area contributed by atoms with Crippen LogP contribution in [0.2, 0.25) is 5.02 Å². The molecule has 3 aromatic heterocycles. The second-order valence-corrected chi connectivity index (χ2v) is 8.51. The number of fused-ring (bicyclic) bond motifs is 3. The van der Waals surface area contributed by atoms with Gasteiger partial charge in [0.2, 0.25) is 0 Å². The molecule has 0 radical (unpaired) electrons. The van der Waals surface area contributed by atoms with E-state index < -0.39 is 5.60 Å². The lowest BCUT2D eigenvalue weighted by Crippen LogP contribution is -2.15. The van der Waals surface area contributed by atoms with E-state index in [0.717, 1.165) is 39.2 Å². The first kappa shape index (κ1) is 17.6. The number of rotatable bonds is 3. The largest absolute Gasteiger partial charge is 0.386 e. The van der Waals surface area contributed by atoms with E-state index in [0.29, 0.717) is 16.8 Å². The SMILES string of the molecule is Cc1nc2ccc(C3CC3)nc2n2c(-c3cc(C(C)(C)O)ccc3Cl)ncc12. The number of imidazole rings is 1. The van der Waals surface area contributed by atoms with Crippen LogP contribution in [0.25, 0.3) is 28.1 Å². The number of aliphatic hydroxyl groups is 1. The van der Waals surface area contributed by atoms with Gasteiger partial charge in [0.1, 0.15) is 11.3 Å². The monoisotopic (exact) mass is 392 g/mol. The molecule has 1 N–H and O–H groups in total. The van der Waals surface area contributed by atoms with Crippen LogP contribution in [0.15, 0.2) is 36.5 Å². The van der Waals surface area contributed by atoms with Gasteiger partial charge in [-0.25, -0.2) is 15.0 Å². The summed E-state index contributed by atoms with van der Waals surface area (Å²) in [5.41, 5.74) is 5.12. The molecule has 0 atom stereocenters. The molecule has 1 aliphatic carbocycles. The van der Waals surface area contributed by atoms with E-state index in [1.54, 1.807) is 13.8 Å². The van der Waals surface area contributed by atoms with Crippen LogP contribution in [0.4, 0.5) is 0 Å². The summed E-state index contributed by atoms with van der Waals surface area (Å²) in [6.45, 7) is 5.50. The molecule has 142 valence electrons. The average molecular weight is 393 g/mol. The zero-order chi connectivity index (χ0) is 19.6. The van der Waals surface area contributed by atoms with Gasteiger partial charge in [-0.05, 0) is 63.4 Å². The van der Waals surface area contributed by atoms with Crippen molar-refractivity contribution >= 4 is 28.3 Å². The van der Waals surface area contributed by atoms with E-state index in [1.807, 2.05) is 41.8 Å². The maximum Gasteiger partial charge on any atom is 0.165 e. The van der Waals surface area contributed by atoms with E-state index >= 15 is 0 Å². The van der Waals surface area contributed by atoms with Crippen molar-refractivity contribution in [3.63, 3.8) is 0 Å². The van der Waals surface area contributed by atoms with Gasteiger partial charge in [0.05, 0.1) is 28.0 Å². The normalized spacial score (nSPS) is 14.9. The van der Waals surface area contributed by atoms with Crippen molar-refractivity contribution in [1.29, 1.82) is 0 Å². The molecule has 5 rings (SSSR count). The summed E-state index contributed by atoms with van der Waals surface area (Å²) in [6.07, 6.45) is 4.20. The first-order chi connectivity index (χ1) is 13.3. The number of nitrogens with zero attached hydrogens (tertiary/aromatic N) is 4. The fourth-order valence-electron chi connectivity index (χ4n) is 3.64. The molecular weight excluding hydrogens is 372 g/mol. The van der Waals surface area contributed by atoms with Crippen LogP contribution in [0.5, 0.6) is 0 Å². The highest BCUT2D eigenvalue weighted by Crippen LogP contribution is 2.40. The molecule has 1 aromatic carbocycles. The topological polar surface area (TPSA) is 63.3 Å². The molecule has 0 saturated heterocycles. The van der Waals surface area contributed by atoms with Gasteiger partial charge in [0.15, 0.2) is 5.65 Å². The van der Waals surface area contributed by atoms with Gasteiger partial charge in [-0.2, -0.15) is 0 Å². The number of aromatic nitrogens is 4. The van der Waals surface area contributed by atoms with Gasteiger partial charge in [0.25, 0.3) is 0 Å². The van der Waals surface area contributed by atoms with Crippen LogP contribution in [0, 0.1) is 6.92 Å². The third-order valence-electron chi connectivity index (χ3n) is 5.42. The van der Waals surface area contributed by atoms with Crippen molar-refractivity contribution in [1.82, 2.24) is 19.4 Å². The molecule has 6 heteroatoms. The summed E-state index contributed by atoms with van der Waals surface area (Å²) in [5, 5.41) is 11.0. The Labute approximate surface area is 168 Å². The second kappa shape index (κ2) is 6.00. The summed E-state index contributed by atoms with van der Waals surface area (Å²) < 4.78 is 2.04. The van der Waals surface area contributed by atoms with Crippen LogP contribution in [-0.2, 0) is 5.60 Å². The average Bonchev–Trinajstić information content (AvgIpc) is 3.39. The lowest BCUT2D eigenvalue weighted by molar-refractivity contribution is 0.0786. The van der Waals surface area contributed by atoms with E-state index in [-0.39, 0.29) is 0 Å². The third kappa shape index (κ3) is 2.77. The van der Waals surface area contributed by atoms with Gasteiger partial charge < -0.3 is 5.11 Å². The quantitative estimate of drug-likeness (QED) is 0.532. The maximum atomic E-state index is 10.4. The Bertz CT molecular complexity index is 1230.